The fraction of sp³-hybridized carbons (Fsp3) is 0.273. The van der Waals surface area contributed by atoms with E-state index in [9.17, 15) is 4.79 Å². The monoisotopic (exact) mass is 380 g/mol. The minimum absolute atomic E-state index is 0.140. The summed E-state index contributed by atoms with van der Waals surface area (Å²) in [6.07, 6.45) is 0. The number of aryl methyl sites for hydroxylation is 1. The van der Waals surface area contributed by atoms with Crippen LogP contribution in [0.15, 0.2) is 48.5 Å². The molecule has 146 valence electrons. The van der Waals surface area contributed by atoms with Gasteiger partial charge in [0.2, 0.25) is 0 Å². The quantitative estimate of drug-likeness (QED) is 0.629. The van der Waals surface area contributed by atoms with E-state index in [0.29, 0.717) is 36.1 Å². The van der Waals surface area contributed by atoms with Crippen molar-refractivity contribution >= 4 is 22.5 Å². The van der Waals surface area contributed by atoms with Crippen molar-refractivity contribution in [2.45, 2.75) is 20.8 Å². The molecule has 0 radical (unpaired) electrons. The van der Waals surface area contributed by atoms with E-state index >= 15 is 0 Å². The maximum atomic E-state index is 12.5. The van der Waals surface area contributed by atoms with Crippen LogP contribution in [0.1, 0.15) is 19.5 Å². The molecule has 28 heavy (non-hydrogen) atoms. The van der Waals surface area contributed by atoms with E-state index in [0.717, 1.165) is 16.6 Å². The number of para-hydroxylation sites is 1. The second-order valence-corrected chi connectivity index (χ2v) is 6.14. The first kappa shape index (κ1) is 19.5. The van der Waals surface area contributed by atoms with Gasteiger partial charge in [-0.05, 0) is 45.0 Å². The topological polar surface area (TPSA) is 69.7 Å². The zero-order chi connectivity index (χ0) is 19.9. The number of pyridine rings is 1. The van der Waals surface area contributed by atoms with Gasteiger partial charge >= 0.3 is 0 Å². The van der Waals surface area contributed by atoms with Gasteiger partial charge in [0.1, 0.15) is 22.8 Å². The van der Waals surface area contributed by atoms with Gasteiger partial charge in [-0.3, -0.25) is 4.79 Å². The predicted molar refractivity (Wildman–Crippen MR) is 109 cm³/mol. The summed E-state index contributed by atoms with van der Waals surface area (Å²) in [6.45, 7) is 6.61. The minimum Gasteiger partial charge on any atom is -0.494 e. The maximum absolute atomic E-state index is 12.5. The van der Waals surface area contributed by atoms with Crippen molar-refractivity contribution in [3.8, 4) is 17.2 Å². The van der Waals surface area contributed by atoms with Crippen LogP contribution in [0.5, 0.6) is 17.2 Å². The van der Waals surface area contributed by atoms with Crippen LogP contribution < -0.4 is 19.5 Å². The summed E-state index contributed by atoms with van der Waals surface area (Å²) in [6, 6.07) is 14.9. The van der Waals surface area contributed by atoms with Crippen LogP contribution in [0, 0.1) is 6.92 Å². The number of carbonyl (C=O) groups is 1. The summed E-state index contributed by atoms with van der Waals surface area (Å²) in [5, 5.41) is 3.80. The highest BCUT2D eigenvalue weighted by Gasteiger charge is 2.12. The van der Waals surface area contributed by atoms with E-state index in [-0.39, 0.29) is 12.5 Å². The number of anilines is 1. The number of hydrogen-bond acceptors (Lipinski definition) is 5. The summed E-state index contributed by atoms with van der Waals surface area (Å²) in [5.74, 6) is 1.53. The lowest BCUT2D eigenvalue weighted by Gasteiger charge is -2.14. The first-order valence-electron chi connectivity index (χ1n) is 9.29. The summed E-state index contributed by atoms with van der Waals surface area (Å²) in [4.78, 5) is 17.0. The molecule has 0 fully saturated rings. The Balaban J connectivity index is 1.72. The highest BCUT2D eigenvalue weighted by molar-refractivity contribution is 5.94. The van der Waals surface area contributed by atoms with Gasteiger partial charge in [0.05, 0.1) is 18.9 Å². The fourth-order valence-electron chi connectivity index (χ4n) is 2.81. The normalized spacial score (nSPS) is 10.5. The Morgan fingerprint density at radius 2 is 1.79 bits per heavy atom. The third-order valence-electron chi connectivity index (χ3n) is 4.02. The molecule has 0 aliphatic rings. The molecule has 0 aliphatic heterocycles. The maximum Gasteiger partial charge on any atom is 0.262 e. The van der Waals surface area contributed by atoms with Crippen LogP contribution in [0.3, 0.4) is 0 Å². The molecule has 3 rings (SSSR count). The van der Waals surface area contributed by atoms with Crippen LogP contribution in [-0.4, -0.2) is 30.7 Å². The highest BCUT2D eigenvalue weighted by atomic mass is 16.5. The highest BCUT2D eigenvalue weighted by Crippen LogP contribution is 2.29. The van der Waals surface area contributed by atoms with Gasteiger partial charge in [-0.15, -0.1) is 0 Å². The molecular formula is C22H24N2O4. The second-order valence-electron chi connectivity index (χ2n) is 6.14. The third-order valence-corrected chi connectivity index (χ3v) is 4.02. The number of ether oxygens (including phenoxy) is 3. The standard InChI is InChI=1S/C22H24N2O4/c1-4-26-17-11-12-19(27-5-2)18(13-17)24-21(25)14-28-20-8-6-7-16-10-9-15(3)23-22(16)20/h6-13H,4-5,14H2,1-3H3,(H,24,25). The van der Waals surface area contributed by atoms with Crippen molar-refractivity contribution in [3.63, 3.8) is 0 Å². The number of hydrogen-bond donors (Lipinski definition) is 1. The number of carbonyl (C=O) groups excluding carboxylic acids is 1. The Kier molecular flexibility index (Phi) is 6.32. The molecule has 1 heterocycles. The van der Waals surface area contributed by atoms with Gasteiger partial charge < -0.3 is 19.5 Å². The van der Waals surface area contributed by atoms with Crippen molar-refractivity contribution in [3.05, 3.63) is 54.2 Å². The van der Waals surface area contributed by atoms with Gasteiger partial charge in [0, 0.05) is 17.1 Å². The molecule has 0 saturated heterocycles. The summed E-state index contributed by atoms with van der Waals surface area (Å²) in [7, 11) is 0. The van der Waals surface area contributed by atoms with E-state index in [4.69, 9.17) is 14.2 Å². The van der Waals surface area contributed by atoms with Crippen LogP contribution in [0.25, 0.3) is 10.9 Å². The molecule has 2 aromatic carbocycles. The van der Waals surface area contributed by atoms with Crippen molar-refractivity contribution in [2.24, 2.45) is 0 Å². The van der Waals surface area contributed by atoms with Crippen molar-refractivity contribution in [2.75, 3.05) is 25.1 Å². The predicted octanol–water partition coefficient (Wildman–Crippen LogP) is 4.36. The molecule has 0 bridgehead atoms. The second kappa shape index (κ2) is 9.08. The minimum atomic E-state index is -0.292. The first-order chi connectivity index (χ1) is 13.6. The number of nitrogens with zero attached hydrogens (tertiary/aromatic N) is 1. The number of benzene rings is 2. The molecule has 3 aromatic rings. The van der Waals surface area contributed by atoms with E-state index in [1.54, 1.807) is 12.1 Å². The SMILES string of the molecule is CCOc1ccc(OCC)c(NC(=O)COc2cccc3ccc(C)nc23)c1. The lowest BCUT2D eigenvalue weighted by Crippen LogP contribution is -2.20. The van der Waals surface area contributed by atoms with Gasteiger partial charge in [-0.2, -0.15) is 0 Å². The van der Waals surface area contributed by atoms with Gasteiger partial charge in [0.15, 0.2) is 6.61 Å². The number of fused-ring (bicyclic) bond motifs is 1. The molecule has 0 spiro atoms. The number of rotatable bonds is 8. The molecule has 0 unspecified atom stereocenters. The Morgan fingerprint density at radius 1 is 0.964 bits per heavy atom. The number of nitrogens with one attached hydrogen (secondary N) is 1. The number of aromatic nitrogens is 1. The third kappa shape index (κ3) is 4.71. The van der Waals surface area contributed by atoms with Crippen LogP contribution in [0.2, 0.25) is 0 Å². The van der Waals surface area contributed by atoms with E-state index in [2.05, 4.69) is 10.3 Å². The number of amides is 1. The zero-order valence-electron chi connectivity index (χ0n) is 16.3. The molecule has 6 heteroatoms. The van der Waals surface area contributed by atoms with Gasteiger partial charge in [-0.25, -0.2) is 4.98 Å². The largest absolute Gasteiger partial charge is 0.494 e. The molecule has 1 N–H and O–H groups in total. The molecule has 1 amide bonds. The van der Waals surface area contributed by atoms with E-state index in [1.807, 2.05) is 57.2 Å². The fourth-order valence-corrected chi connectivity index (χ4v) is 2.81. The van der Waals surface area contributed by atoms with Crippen LogP contribution in [-0.2, 0) is 4.79 Å². The molecule has 0 aliphatic carbocycles. The molecule has 1 aromatic heterocycles. The molecule has 0 atom stereocenters. The Labute approximate surface area is 164 Å². The average Bonchev–Trinajstić information content (AvgIpc) is 2.68. The molecule has 6 nitrogen and oxygen atoms in total. The van der Waals surface area contributed by atoms with Crippen molar-refractivity contribution in [1.82, 2.24) is 4.98 Å². The van der Waals surface area contributed by atoms with E-state index < -0.39 is 0 Å². The van der Waals surface area contributed by atoms with Gasteiger partial charge in [-0.1, -0.05) is 18.2 Å². The van der Waals surface area contributed by atoms with Crippen LogP contribution >= 0.6 is 0 Å². The van der Waals surface area contributed by atoms with Crippen LogP contribution in [0.4, 0.5) is 5.69 Å². The van der Waals surface area contributed by atoms with Crippen molar-refractivity contribution in [1.29, 1.82) is 0 Å². The lowest BCUT2D eigenvalue weighted by atomic mass is 10.2. The zero-order valence-corrected chi connectivity index (χ0v) is 16.3. The Hall–Kier alpha value is -3.28. The van der Waals surface area contributed by atoms with E-state index in [1.165, 1.54) is 0 Å². The molecule has 0 saturated carbocycles. The molecular weight excluding hydrogens is 356 g/mol. The van der Waals surface area contributed by atoms with Crippen molar-refractivity contribution < 1.29 is 19.0 Å². The van der Waals surface area contributed by atoms with Gasteiger partial charge in [0.25, 0.3) is 5.91 Å². The Morgan fingerprint density at radius 3 is 2.57 bits per heavy atom. The lowest BCUT2D eigenvalue weighted by molar-refractivity contribution is -0.118. The average molecular weight is 380 g/mol. The smallest absolute Gasteiger partial charge is 0.262 e. The summed E-state index contributed by atoms with van der Waals surface area (Å²) >= 11 is 0. The summed E-state index contributed by atoms with van der Waals surface area (Å²) in [5.41, 5.74) is 2.18. The first-order valence-corrected chi connectivity index (χ1v) is 9.29. The Bertz CT molecular complexity index is 972. The summed E-state index contributed by atoms with van der Waals surface area (Å²) < 4.78 is 16.8.